The molecule has 0 aliphatic heterocycles. The van der Waals surface area contributed by atoms with Crippen LogP contribution in [0.25, 0.3) is 0 Å². The quantitative estimate of drug-likeness (QED) is 0.551. The molecular formula is C13H23BLiNO3. The molecule has 1 rings (SSSR count). The minimum absolute atomic E-state index is 0.676. The Kier molecular flexibility index (Phi) is 10.3. The predicted octanol–water partition coefficient (Wildman–Crippen LogP) is -0.208. The molecule has 0 saturated carbocycles. The fourth-order valence-electron chi connectivity index (χ4n) is 2.18. The van der Waals surface area contributed by atoms with E-state index in [2.05, 4.69) is 43.7 Å². The Morgan fingerprint density at radius 3 is 2.16 bits per heavy atom. The van der Waals surface area contributed by atoms with E-state index < -0.39 is 7.32 Å². The van der Waals surface area contributed by atoms with Crippen molar-refractivity contribution in [2.24, 2.45) is 5.73 Å². The average Bonchev–Trinajstić information content (AvgIpc) is 2.36. The van der Waals surface area contributed by atoms with Crippen LogP contribution in [-0.4, -0.2) is 40.1 Å². The monoisotopic (exact) mass is 259 g/mol. The summed E-state index contributed by atoms with van der Waals surface area (Å²) in [5.41, 5.74) is 10.2. The van der Waals surface area contributed by atoms with E-state index in [4.69, 9.17) is 20.8 Å². The van der Waals surface area contributed by atoms with Crippen molar-refractivity contribution in [1.29, 1.82) is 0 Å². The first-order valence-corrected chi connectivity index (χ1v) is 6.82. The van der Waals surface area contributed by atoms with E-state index in [1.54, 1.807) is 0 Å². The Hall–Kier alpha value is -0.278. The number of hydrogen-bond acceptors (Lipinski definition) is 4. The topological polar surface area (TPSA) is 86.7 Å². The number of unbranched alkanes of at least 4 members (excludes halogenated alkanes) is 1. The van der Waals surface area contributed by atoms with E-state index in [1.165, 1.54) is 40.2 Å². The Balaban J connectivity index is 0.000000711. The Bertz CT molecular complexity index is 372. The van der Waals surface area contributed by atoms with Gasteiger partial charge in [0.25, 0.3) is 0 Å². The first-order chi connectivity index (χ1) is 8.97. The summed E-state index contributed by atoms with van der Waals surface area (Å²) in [6, 6.07) is 4.50. The fraction of sp³-hybridized carbons (Fsp3) is 0.538. The van der Waals surface area contributed by atoms with Crippen LogP contribution < -0.4 is 9.97 Å². The second-order valence-electron chi connectivity index (χ2n) is 4.51. The summed E-state index contributed by atoms with van der Waals surface area (Å²) in [6.07, 6.45) is 4.84. The zero-order valence-corrected chi connectivity index (χ0v) is 12.2. The number of hydrogen-bond donors (Lipinski definition) is 4. The van der Waals surface area contributed by atoms with Gasteiger partial charge in [-0.3, -0.25) is 0 Å². The van der Waals surface area contributed by atoms with Crippen LogP contribution in [0, 0.1) is 0 Å². The van der Waals surface area contributed by atoms with Crippen LogP contribution in [0.2, 0.25) is 0 Å². The molecular weight excluding hydrogens is 236 g/mol. The third-order valence-electron chi connectivity index (χ3n) is 3.12. The van der Waals surface area contributed by atoms with Gasteiger partial charge >= 0.3 is 110 Å². The van der Waals surface area contributed by atoms with Crippen LogP contribution in [0.4, 0.5) is 0 Å². The van der Waals surface area contributed by atoms with Gasteiger partial charge in [-0.1, -0.05) is 0 Å². The maximum absolute atomic E-state index is 7.17. The van der Waals surface area contributed by atoms with Gasteiger partial charge in [0.1, 0.15) is 0 Å². The van der Waals surface area contributed by atoms with Gasteiger partial charge in [0.2, 0.25) is 0 Å². The first kappa shape index (κ1) is 18.7. The van der Waals surface area contributed by atoms with Crippen molar-refractivity contribution < 1.29 is 15.1 Å². The van der Waals surface area contributed by atoms with Gasteiger partial charge in [-0.2, -0.15) is 0 Å². The van der Waals surface area contributed by atoms with Crippen molar-refractivity contribution in [3.8, 4) is 0 Å². The van der Waals surface area contributed by atoms with Crippen LogP contribution >= 0.6 is 0 Å². The Labute approximate surface area is 125 Å². The predicted molar refractivity (Wildman–Crippen MR) is 80.1 cm³/mol. The summed E-state index contributed by atoms with van der Waals surface area (Å²) < 4.78 is 1.34. The Morgan fingerprint density at radius 1 is 1.16 bits per heavy atom. The number of rotatable bonds is 5. The Morgan fingerprint density at radius 2 is 1.74 bits per heavy atom. The van der Waals surface area contributed by atoms with Crippen molar-refractivity contribution in [1.82, 2.24) is 0 Å². The summed E-state index contributed by atoms with van der Waals surface area (Å²) in [5, 5.41) is 21.5. The third kappa shape index (κ3) is 7.17. The molecule has 0 aromatic heterocycles. The number of nitrogens with two attached hydrogens (primary N) is 1. The molecule has 0 unspecified atom stereocenters. The summed E-state index contributed by atoms with van der Waals surface area (Å²) in [7, 11) is -2.17. The van der Waals surface area contributed by atoms with Gasteiger partial charge in [-0.25, -0.2) is 0 Å². The molecule has 102 valence electrons. The molecule has 0 aliphatic rings. The first-order valence-electron chi connectivity index (χ1n) is 6.82. The molecule has 0 heterocycles. The molecule has 0 bridgehead atoms. The van der Waals surface area contributed by atoms with Crippen LogP contribution in [0.15, 0.2) is 12.1 Å². The molecule has 0 saturated heterocycles. The normalized spacial score (nSPS) is 9.89. The standard InChI is InChI=1S/C13H20N.BH3O3.Li/c1-3-5-7-11-8-6-9-12(10-14)13(11)4-2;2-1(3)4;/h6,8H,3-5,7,10,14H2,1-2H3;2-4H;. The van der Waals surface area contributed by atoms with E-state index in [1.807, 2.05) is 0 Å². The molecule has 4 nitrogen and oxygen atoms in total. The zero-order valence-electron chi connectivity index (χ0n) is 12.2. The molecule has 19 heavy (non-hydrogen) atoms. The van der Waals surface area contributed by atoms with E-state index in [0.29, 0.717) is 6.54 Å². The van der Waals surface area contributed by atoms with Gasteiger partial charge in [-0.05, 0) is 0 Å². The van der Waals surface area contributed by atoms with Gasteiger partial charge in [-0.15, -0.1) is 0 Å². The van der Waals surface area contributed by atoms with Crippen molar-refractivity contribution in [2.45, 2.75) is 46.1 Å². The molecule has 6 heteroatoms. The second-order valence-corrected chi connectivity index (χ2v) is 4.51. The maximum atomic E-state index is 7.17. The molecule has 0 spiro atoms. The van der Waals surface area contributed by atoms with Crippen molar-refractivity contribution >= 4 is 29.3 Å². The SMILES string of the molecule is OB(O)O.[Li][c]1ccc(CCCC)c(CC)c1CN. The van der Waals surface area contributed by atoms with Crippen molar-refractivity contribution in [3.63, 3.8) is 0 Å². The van der Waals surface area contributed by atoms with Gasteiger partial charge < -0.3 is 15.1 Å². The summed E-state index contributed by atoms with van der Waals surface area (Å²) >= 11 is 2.16. The van der Waals surface area contributed by atoms with Gasteiger partial charge in [0.15, 0.2) is 0 Å². The van der Waals surface area contributed by atoms with Gasteiger partial charge in [0, 0.05) is 0 Å². The van der Waals surface area contributed by atoms with E-state index >= 15 is 0 Å². The van der Waals surface area contributed by atoms with E-state index in [9.17, 15) is 0 Å². The average molecular weight is 259 g/mol. The number of benzene rings is 1. The summed E-state index contributed by atoms with van der Waals surface area (Å²) in [5.74, 6) is 0. The molecule has 0 aliphatic carbocycles. The van der Waals surface area contributed by atoms with Crippen LogP contribution in [0.5, 0.6) is 0 Å². The zero-order chi connectivity index (χ0) is 14.8. The van der Waals surface area contributed by atoms with Crippen molar-refractivity contribution in [3.05, 3.63) is 28.8 Å². The molecule has 1 aromatic carbocycles. The molecule has 0 radical (unpaired) electrons. The number of aryl methyl sites for hydroxylation is 1. The van der Waals surface area contributed by atoms with Gasteiger partial charge in [0.05, 0.1) is 0 Å². The second kappa shape index (κ2) is 10.5. The van der Waals surface area contributed by atoms with E-state index in [0.717, 1.165) is 6.42 Å². The summed E-state index contributed by atoms with van der Waals surface area (Å²) in [6.45, 7) is 5.14. The van der Waals surface area contributed by atoms with Crippen LogP contribution in [0.3, 0.4) is 0 Å². The molecule has 5 N–H and O–H groups in total. The summed E-state index contributed by atoms with van der Waals surface area (Å²) in [4.78, 5) is 0. The van der Waals surface area contributed by atoms with Crippen molar-refractivity contribution in [2.75, 3.05) is 0 Å². The van der Waals surface area contributed by atoms with Crippen LogP contribution in [0.1, 0.15) is 43.4 Å². The molecule has 1 aromatic rings. The van der Waals surface area contributed by atoms with Crippen LogP contribution in [-0.2, 0) is 19.4 Å². The van der Waals surface area contributed by atoms with E-state index in [-0.39, 0.29) is 0 Å². The molecule has 0 atom stereocenters. The third-order valence-corrected chi connectivity index (χ3v) is 3.12. The molecule has 0 fully saturated rings. The fourth-order valence-corrected chi connectivity index (χ4v) is 2.18. The molecule has 0 amide bonds. The minimum atomic E-state index is -2.17.